The second-order valence-corrected chi connectivity index (χ2v) is 7.24. The highest BCUT2D eigenvalue weighted by molar-refractivity contribution is 6.14. The highest BCUT2D eigenvalue weighted by atomic mass is 19.3. The molecule has 9 nitrogen and oxygen atoms in total. The number of allylic oxidation sites excluding steroid dienone is 2. The van der Waals surface area contributed by atoms with Gasteiger partial charge in [-0.05, 0) is 43.5 Å². The molecule has 1 aliphatic rings. The summed E-state index contributed by atoms with van der Waals surface area (Å²) in [6.07, 6.45) is 3.15. The smallest absolute Gasteiger partial charge is 0.387 e. The predicted octanol–water partition coefficient (Wildman–Crippen LogP) is 5.93. The van der Waals surface area contributed by atoms with E-state index in [2.05, 4.69) is 9.47 Å². The molecule has 0 aliphatic heterocycles. The number of carbonyl (C=O) groups is 1. The summed E-state index contributed by atoms with van der Waals surface area (Å²) in [7, 11) is 0. The van der Waals surface area contributed by atoms with Crippen molar-refractivity contribution in [2.24, 2.45) is 0 Å². The number of ketones is 1. The number of nitrogens with zero attached hydrogens (tertiary/aromatic N) is 2. The standard InChI is InChI=1S/C22H16F4N2O7/c23-21(24)34-18-6-4-16(27(30)31)10-14(18)8-12-2-1-3-13(20(12)29)9-15-11-17(28(32)33)5-7-19(15)35-22(25)26/h4-11,21-22H,1-3H2/b12-8-,13-9-. The molecule has 0 unspecified atom stereocenters. The minimum absolute atomic E-state index is 0.101. The van der Waals surface area contributed by atoms with Crippen molar-refractivity contribution in [3.05, 3.63) is 78.9 Å². The lowest BCUT2D eigenvalue weighted by atomic mass is 9.86. The first-order chi connectivity index (χ1) is 16.5. The number of nitro groups is 2. The first-order valence-electron chi connectivity index (χ1n) is 9.97. The van der Waals surface area contributed by atoms with Crippen molar-refractivity contribution in [3.63, 3.8) is 0 Å². The number of benzene rings is 2. The molecule has 1 saturated carbocycles. The zero-order valence-electron chi connectivity index (χ0n) is 17.7. The Morgan fingerprint density at radius 3 is 1.51 bits per heavy atom. The zero-order chi connectivity index (χ0) is 25.7. The fourth-order valence-corrected chi connectivity index (χ4v) is 3.48. The molecule has 0 amide bonds. The van der Waals surface area contributed by atoms with Gasteiger partial charge in [-0.25, -0.2) is 0 Å². The molecule has 3 rings (SSSR count). The number of nitro benzene ring substituents is 2. The van der Waals surface area contributed by atoms with Crippen LogP contribution < -0.4 is 9.47 Å². The Balaban J connectivity index is 2.03. The van der Waals surface area contributed by atoms with E-state index in [1.807, 2.05) is 0 Å². The molecule has 35 heavy (non-hydrogen) atoms. The lowest BCUT2D eigenvalue weighted by Crippen LogP contribution is -2.13. The first kappa shape index (κ1) is 25.3. The molecule has 2 aromatic rings. The van der Waals surface area contributed by atoms with Crippen molar-refractivity contribution >= 4 is 29.3 Å². The summed E-state index contributed by atoms with van der Waals surface area (Å²) < 4.78 is 59.9. The maximum atomic E-state index is 13.1. The van der Waals surface area contributed by atoms with Crippen LogP contribution >= 0.6 is 0 Å². The second kappa shape index (κ2) is 10.8. The normalized spacial score (nSPS) is 16.2. The summed E-state index contributed by atoms with van der Waals surface area (Å²) in [5, 5.41) is 22.2. The van der Waals surface area contributed by atoms with Gasteiger partial charge in [0, 0.05) is 46.5 Å². The number of hydrogen-bond donors (Lipinski definition) is 0. The van der Waals surface area contributed by atoms with E-state index in [4.69, 9.17) is 0 Å². The number of halogens is 4. The van der Waals surface area contributed by atoms with Crippen molar-refractivity contribution in [2.75, 3.05) is 0 Å². The van der Waals surface area contributed by atoms with Crippen LogP contribution in [0.25, 0.3) is 12.2 Å². The largest absolute Gasteiger partial charge is 0.434 e. The quantitative estimate of drug-likeness (QED) is 0.192. The summed E-state index contributed by atoms with van der Waals surface area (Å²) in [6, 6.07) is 5.87. The van der Waals surface area contributed by atoms with Gasteiger partial charge < -0.3 is 9.47 Å². The number of alkyl halides is 4. The molecule has 0 saturated heterocycles. The SMILES string of the molecule is O=C1/C(=C\c2cc([N+](=O)[O-])ccc2OC(F)F)CCC/C1=C/c1cc([N+](=O)[O-])ccc1OC(F)F. The molecule has 0 spiro atoms. The highest BCUT2D eigenvalue weighted by Crippen LogP contribution is 2.34. The van der Waals surface area contributed by atoms with Crippen molar-refractivity contribution in [3.8, 4) is 11.5 Å². The summed E-state index contributed by atoms with van der Waals surface area (Å²) >= 11 is 0. The molecule has 1 fully saturated rings. The van der Waals surface area contributed by atoms with Crippen LogP contribution in [-0.2, 0) is 4.79 Å². The van der Waals surface area contributed by atoms with Gasteiger partial charge in [0.1, 0.15) is 11.5 Å². The van der Waals surface area contributed by atoms with Gasteiger partial charge in [-0.1, -0.05) is 0 Å². The van der Waals surface area contributed by atoms with Gasteiger partial charge >= 0.3 is 13.2 Å². The molecule has 13 heteroatoms. The lowest BCUT2D eigenvalue weighted by Gasteiger charge is -2.18. The Kier molecular flexibility index (Phi) is 7.79. The molecule has 0 N–H and O–H groups in total. The zero-order valence-corrected chi connectivity index (χ0v) is 17.7. The van der Waals surface area contributed by atoms with Gasteiger partial charge in [0.15, 0.2) is 5.78 Å². The molecular formula is C22H16F4N2O7. The minimum Gasteiger partial charge on any atom is -0.434 e. The first-order valence-corrected chi connectivity index (χ1v) is 9.97. The van der Waals surface area contributed by atoms with Gasteiger partial charge in [0.2, 0.25) is 0 Å². The van der Waals surface area contributed by atoms with Gasteiger partial charge in [-0.3, -0.25) is 25.0 Å². The second-order valence-electron chi connectivity index (χ2n) is 7.24. The summed E-state index contributed by atoms with van der Waals surface area (Å²) in [6.45, 7) is -6.43. The van der Waals surface area contributed by atoms with E-state index in [0.717, 1.165) is 36.4 Å². The van der Waals surface area contributed by atoms with E-state index < -0.39 is 40.2 Å². The molecule has 2 aromatic carbocycles. The summed E-state index contributed by atoms with van der Waals surface area (Å²) in [5.41, 5.74) is -0.874. The van der Waals surface area contributed by atoms with Gasteiger partial charge in [-0.15, -0.1) is 0 Å². The number of hydrogen-bond acceptors (Lipinski definition) is 7. The molecule has 0 aromatic heterocycles. The van der Waals surface area contributed by atoms with Gasteiger partial charge in [-0.2, -0.15) is 17.6 Å². The molecule has 0 heterocycles. The monoisotopic (exact) mass is 496 g/mol. The lowest BCUT2D eigenvalue weighted by molar-refractivity contribution is -0.385. The third kappa shape index (κ3) is 6.40. The average Bonchev–Trinajstić information content (AvgIpc) is 2.77. The van der Waals surface area contributed by atoms with Crippen LogP contribution in [0.2, 0.25) is 0 Å². The van der Waals surface area contributed by atoms with Crippen LogP contribution in [0, 0.1) is 20.2 Å². The minimum atomic E-state index is -3.21. The molecular weight excluding hydrogens is 480 g/mol. The Labute approximate surface area is 194 Å². The number of ether oxygens (including phenoxy) is 2. The summed E-state index contributed by atoms with van der Waals surface area (Å²) in [5.74, 6) is -1.35. The van der Waals surface area contributed by atoms with Crippen LogP contribution in [0.5, 0.6) is 11.5 Å². The Morgan fingerprint density at radius 2 is 1.17 bits per heavy atom. The predicted molar refractivity (Wildman–Crippen MR) is 114 cm³/mol. The van der Waals surface area contributed by atoms with Crippen LogP contribution in [-0.4, -0.2) is 28.9 Å². The Bertz CT molecular complexity index is 1140. The van der Waals surface area contributed by atoms with Crippen molar-refractivity contribution in [2.45, 2.75) is 32.5 Å². The highest BCUT2D eigenvalue weighted by Gasteiger charge is 2.24. The van der Waals surface area contributed by atoms with Gasteiger partial charge in [0.25, 0.3) is 11.4 Å². The third-order valence-electron chi connectivity index (χ3n) is 4.98. The topological polar surface area (TPSA) is 122 Å². The van der Waals surface area contributed by atoms with Crippen molar-refractivity contribution < 1.29 is 41.7 Å². The van der Waals surface area contributed by atoms with E-state index in [0.29, 0.717) is 6.42 Å². The molecule has 0 bridgehead atoms. The van der Waals surface area contributed by atoms with E-state index in [1.165, 1.54) is 12.2 Å². The van der Waals surface area contributed by atoms with E-state index >= 15 is 0 Å². The maximum Gasteiger partial charge on any atom is 0.387 e. The Hall–Kier alpha value is -4.29. The number of rotatable bonds is 8. The summed E-state index contributed by atoms with van der Waals surface area (Å²) in [4.78, 5) is 33.8. The Morgan fingerprint density at radius 1 is 0.771 bits per heavy atom. The van der Waals surface area contributed by atoms with Crippen molar-refractivity contribution in [1.29, 1.82) is 0 Å². The van der Waals surface area contributed by atoms with Crippen LogP contribution in [0.1, 0.15) is 30.4 Å². The molecule has 0 radical (unpaired) electrons. The van der Waals surface area contributed by atoms with Gasteiger partial charge in [0.05, 0.1) is 9.85 Å². The van der Waals surface area contributed by atoms with E-state index in [1.54, 1.807) is 0 Å². The number of carbonyl (C=O) groups excluding carboxylic acids is 1. The average molecular weight is 496 g/mol. The van der Waals surface area contributed by atoms with Crippen LogP contribution in [0.3, 0.4) is 0 Å². The molecule has 0 atom stereocenters. The van der Waals surface area contributed by atoms with Crippen LogP contribution in [0.4, 0.5) is 28.9 Å². The fraction of sp³-hybridized carbons (Fsp3) is 0.227. The van der Waals surface area contributed by atoms with E-state index in [-0.39, 0.29) is 46.6 Å². The molecule has 184 valence electrons. The maximum absolute atomic E-state index is 13.1. The fourth-order valence-electron chi connectivity index (χ4n) is 3.48. The molecule has 1 aliphatic carbocycles. The number of non-ortho nitro benzene ring substituents is 2. The number of Topliss-reactive ketones (excluding diaryl/α,β-unsaturated/α-hetero) is 1. The third-order valence-corrected chi connectivity index (χ3v) is 4.98. The van der Waals surface area contributed by atoms with Crippen molar-refractivity contribution in [1.82, 2.24) is 0 Å². The van der Waals surface area contributed by atoms with E-state index in [9.17, 15) is 42.6 Å². The van der Waals surface area contributed by atoms with Crippen LogP contribution in [0.15, 0.2) is 47.5 Å².